The first kappa shape index (κ1) is 18.5. The standard InChI is InChI=1S/C12H30N8/c13-11(14)19-9-3-7-17-5-1-2-6-18-8-4-10-20-12(15)16/h17-18H,1-10H2,(H4,13,14,19)(H4,15,16,20). The molecular formula is C12H30N8. The summed E-state index contributed by atoms with van der Waals surface area (Å²) in [6.07, 6.45) is 4.23. The van der Waals surface area contributed by atoms with Gasteiger partial charge in [-0.1, -0.05) is 0 Å². The Labute approximate surface area is 121 Å². The molecule has 0 aromatic carbocycles. The Bertz CT molecular complexity index is 241. The van der Waals surface area contributed by atoms with Crippen LogP contribution in [0.1, 0.15) is 25.7 Å². The summed E-state index contributed by atoms with van der Waals surface area (Å²) in [5.74, 6) is 0.326. The molecule has 0 aliphatic heterocycles. The Balaban J connectivity index is 3.06. The number of nitrogens with zero attached hydrogens (tertiary/aromatic N) is 2. The molecule has 0 aromatic rings. The van der Waals surface area contributed by atoms with Crippen LogP contribution in [0.15, 0.2) is 9.98 Å². The van der Waals surface area contributed by atoms with Gasteiger partial charge in [-0.25, -0.2) is 0 Å². The maximum absolute atomic E-state index is 5.23. The summed E-state index contributed by atoms with van der Waals surface area (Å²) in [7, 11) is 0. The van der Waals surface area contributed by atoms with Gasteiger partial charge in [-0.15, -0.1) is 0 Å². The van der Waals surface area contributed by atoms with Crippen molar-refractivity contribution < 1.29 is 0 Å². The molecular weight excluding hydrogens is 256 g/mol. The van der Waals surface area contributed by atoms with Crippen LogP contribution in [-0.2, 0) is 0 Å². The Morgan fingerprint density at radius 3 is 1.30 bits per heavy atom. The molecule has 0 radical (unpaired) electrons. The Kier molecular flexibility index (Phi) is 12.8. The zero-order valence-corrected chi connectivity index (χ0v) is 12.3. The lowest BCUT2D eigenvalue weighted by atomic mass is 10.3. The first-order chi connectivity index (χ1) is 9.63. The van der Waals surface area contributed by atoms with Crippen LogP contribution >= 0.6 is 0 Å². The summed E-state index contributed by atoms with van der Waals surface area (Å²) >= 11 is 0. The second-order valence-electron chi connectivity index (χ2n) is 4.53. The third-order valence-corrected chi connectivity index (χ3v) is 2.57. The average molecular weight is 286 g/mol. The van der Waals surface area contributed by atoms with Crippen molar-refractivity contribution in [2.45, 2.75) is 25.7 Å². The fourth-order valence-corrected chi connectivity index (χ4v) is 1.57. The van der Waals surface area contributed by atoms with E-state index in [2.05, 4.69) is 20.6 Å². The van der Waals surface area contributed by atoms with E-state index in [4.69, 9.17) is 22.9 Å². The summed E-state index contributed by atoms with van der Waals surface area (Å²) in [4.78, 5) is 7.83. The largest absolute Gasteiger partial charge is 0.370 e. The summed E-state index contributed by atoms with van der Waals surface area (Å²) in [6.45, 7) is 5.32. The Morgan fingerprint density at radius 1 is 0.600 bits per heavy atom. The predicted molar refractivity (Wildman–Crippen MR) is 85.6 cm³/mol. The highest BCUT2D eigenvalue weighted by Crippen LogP contribution is 1.86. The molecule has 0 aliphatic carbocycles. The van der Waals surface area contributed by atoms with Gasteiger partial charge in [0, 0.05) is 13.1 Å². The smallest absolute Gasteiger partial charge is 0.185 e. The summed E-state index contributed by atoms with van der Waals surface area (Å²) in [6, 6.07) is 0. The van der Waals surface area contributed by atoms with E-state index in [1.807, 2.05) is 0 Å². The number of rotatable bonds is 13. The molecule has 10 N–H and O–H groups in total. The van der Waals surface area contributed by atoms with Crippen molar-refractivity contribution in [3.63, 3.8) is 0 Å². The van der Waals surface area contributed by atoms with Gasteiger partial charge < -0.3 is 33.6 Å². The van der Waals surface area contributed by atoms with Gasteiger partial charge in [0.25, 0.3) is 0 Å². The molecule has 0 saturated carbocycles. The molecule has 0 rings (SSSR count). The lowest BCUT2D eigenvalue weighted by Crippen LogP contribution is -2.24. The van der Waals surface area contributed by atoms with Gasteiger partial charge in [0.2, 0.25) is 0 Å². The maximum atomic E-state index is 5.23. The molecule has 118 valence electrons. The quantitative estimate of drug-likeness (QED) is 0.134. The van der Waals surface area contributed by atoms with Gasteiger partial charge in [-0.2, -0.15) is 0 Å². The van der Waals surface area contributed by atoms with Crippen molar-refractivity contribution in [1.82, 2.24) is 10.6 Å². The van der Waals surface area contributed by atoms with E-state index < -0.39 is 0 Å². The van der Waals surface area contributed by atoms with Crippen molar-refractivity contribution >= 4 is 11.9 Å². The fraction of sp³-hybridized carbons (Fsp3) is 0.833. The minimum absolute atomic E-state index is 0.163. The molecule has 0 fully saturated rings. The SMILES string of the molecule is NC(N)=NCCCNCCCCNCCCN=C(N)N. The van der Waals surface area contributed by atoms with Crippen LogP contribution in [0.5, 0.6) is 0 Å². The van der Waals surface area contributed by atoms with Gasteiger partial charge in [-0.3, -0.25) is 9.98 Å². The van der Waals surface area contributed by atoms with Crippen molar-refractivity contribution in [3.8, 4) is 0 Å². The van der Waals surface area contributed by atoms with E-state index in [0.717, 1.165) is 51.9 Å². The molecule has 0 aromatic heterocycles. The number of hydrogen-bond acceptors (Lipinski definition) is 4. The van der Waals surface area contributed by atoms with Crippen molar-refractivity contribution in [3.05, 3.63) is 0 Å². The van der Waals surface area contributed by atoms with Crippen LogP contribution in [0.2, 0.25) is 0 Å². The zero-order chi connectivity index (χ0) is 15.1. The number of unbranched alkanes of at least 4 members (excludes halogenated alkanes) is 1. The third-order valence-electron chi connectivity index (χ3n) is 2.57. The van der Waals surface area contributed by atoms with Crippen LogP contribution in [0.3, 0.4) is 0 Å². The highest BCUT2D eigenvalue weighted by Gasteiger charge is 1.91. The van der Waals surface area contributed by atoms with E-state index in [1.165, 1.54) is 0 Å². The van der Waals surface area contributed by atoms with Gasteiger partial charge in [-0.05, 0) is 51.9 Å². The molecule has 0 bridgehead atoms. The van der Waals surface area contributed by atoms with Crippen molar-refractivity contribution in [2.24, 2.45) is 32.9 Å². The minimum atomic E-state index is 0.163. The highest BCUT2D eigenvalue weighted by molar-refractivity contribution is 5.75. The minimum Gasteiger partial charge on any atom is -0.370 e. The molecule has 0 saturated heterocycles. The third kappa shape index (κ3) is 16.5. The van der Waals surface area contributed by atoms with E-state index in [-0.39, 0.29) is 11.9 Å². The van der Waals surface area contributed by atoms with Gasteiger partial charge >= 0.3 is 0 Å². The second-order valence-corrected chi connectivity index (χ2v) is 4.53. The van der Waals surface area contributed by atoms with Gasteiger partial charge in [0.05, 0.1) is 0 Å². The highest BCUT2D eigenvalue weighted by atomic mass is 15.0. The molecule has 8 heteroatoms. The topological polar surface area (TPSA) is 153 Å². The molecule has 0 amide bonds. The van der Waals surface area contributed by atoms with E-state index in [0.29, 0.717) is 13.1 Å². The van der Waals surface area contributed by atoms with E-state index >= 15 is 0 Å². The average Bonchev–Trinajstić information content (AvgIpc) is 2.38. The second kappa shape index (κ2) is 13.9. The molecule has 0 aliphatic rings. The van der Waals surface area contributed by atoms with Crippen molar-refractivity contribution in [1.29, 1.82) is 0 Å². The van der Waals surface area contributed by atoms with Gasteiger partial charge in [0.15, 0.2) is 11.9 Å². The normalized spacial score (nSPS) is 10.2. The number of nitrogens with one attached hydrogen (secondary N) is 2. The van der Waals surface area contributed by atoms with Crippen LogP contribution in [-0.4, -0.2) is 51.2 Å². The van der Waals surface area contributed by atoms with Crippen LogP contribution in [0.25, 0.3) is 0 Å². The van der Waals surface area contributed by atoms with Crippen LogP contribution in [0.4, 0.5) is 0 Å². The number of hydrogen-bond donors (Lipinski definition) is 6. The summed E-state index contributed by atoms with van der Waals surface area (Å²) in [5, 5.41) is 6.72. The van der Waals surface area contributed by atoms with E-state index in [1.54, 1.807) is 0 Å². The Hall–Kier alpha value is -1.54. The van der Waals surface area contributed by atoms with E-state index in [9.17, 15) is 0 Å². The first-order valence-electron chi connectivity index (χ1n) is 7.15. The lowest BCUT2D eigenvalue weighted by molar-refractivity contribution is 0.570. The Morgan fingerprint density at radius 2 is 0.950 bits per heavy atom. The molecule has 20 heavy (non-hydrogen) atoms. The molecule has 0 spiro atoms. The predicted octanol–water partition coefficient (Wildman–Crippen LogP) is -1.73. The monoisotopic (exact) mass is 286 g/mol. The molecule has 0 unspecified atom stereocenters. The van der Waals surface area contributed by atoms with Crippen LogP contribution < -0.4 is 33.6 Å². The molecule has 0 heterocycles. The van der Waals surface area contributed by atoms with Gasteiger partial charge in [0.1, 0.15) is 0 Å². The number of nitrogens with two attached hydrogens (primary N) is 4. The fourth-order valence-electron chi connectivity index (χ4n) is 1.57. The zero-order valence-electron chi connectivity index (χ0n) is 12.3. The maximum Gasteiger partial charge on any atom is 0.185 e. The lowest BCUT2D eigenvalue weighted by Gasteiger charge is -2.05. The number of aliphatic imine (C=N–C) groups is 2. The molecule has 8 nitrogen and oxygen atoms in total. The summed E-state index contributed by atoms with van der Waals surface area (Å²) < 4.78 is 0. The van der Waals surface area contributed by atoms with Crippen molar-refractivity contribution in [2.75, 3.05) is 39.3 Å². The number of guanidine groups is 2. The summed E-state index contributed by atoms with van der Waals surface area (Å²) in [5.41, 5.74) is 20.9. The van der Waals surface area contributed by atoms with Crippen LogP contribution in [0, 0.1) is 0 Å². The molecule has 0 atom stereocenters. The first-order valence-corrected chi connectivity index (χ1v) is 7.15.